The van der Waals surface area contributed by atoms with Crippen LogP contribution in [0.25, 0.3) is 0 Å². The number of carboxylic acids is 1. The van der Waals surface area contributed by atoms with E-state index in [0.717, 1.165) is 13.3 Å². The largest absolute Gasteiger partial charge is 0.493 e. The maximum atomic E-state index is 11.8. The van der Waals surface area contributed by atoms with E-state index in [1.807, 2.05) is 30.3 Å². The molecule has 0 aliphatic carbocycles. The van der Waals surface area contributed by atoms with Gasteiger partial charge in [0, 0.05) is 18.2 Å². The number of benzene rings is 2. The van der Waals surface area contributed by atoms with E-state index in [9.17, 15) is 14.7 Å². The van der Waals surface area contributed by atoms with E-state index in [0.29, 0.717) is 18.0 Å². The summed E-state index contributed by atoms with van der Waals surface area (Å²) in [5, 5.41) is 23.3. The van der Waals surface area contributed by atoms with Crippen LogP contribution in [0.5, 0.6) is 5.75 Å². The van der Waals surface area contributed by atoms with Crippen LogP contribution in [-0.4, -0.2) is 41.0 Å². The Kier molecular flexibility index (Phi) is 6.57. The Labute approximate surface area is 151 Å². The zero-order valence-corrected chi connectivity index (χ0v) is 14.4. The summed E-state index contributed by atoms with van der Waals surface area (Å²) >= 11 is 0. The predicted octanol–water partition coefficient (Wildman–Crippen LogP) is 2.27. The molecule has 138 valence electrons. The molecule has 2 amide bonds. The van der Waals surface area contributed by atoms with Gasteiger partial charge in [-0.25, -0.2) is 9.59 Å². The highest BCUT2D eigenvalue weighted by Gasteiger charge is 2.30. The fourth-order valence-electron chi connectivity index (χ4n) is 2.10. The summed E-state index contributed by atoms with van der Waals surface area (Å²) in [6.45, 7) is 1.19. The van der Waals surface area contributed by atoms with Gasteiger partial charge in [0.15, 0.2) is 5.60 Å². The van der Waals surface area contributed by atoms with Gasteiger partial charge >= 0.3 is 12.0 Å². The fraction of sp³-hybridized carbons (Fsp3) is 0.263. The third-order valence-electron chi connectivity index (χ3n) is 3.65. The van der Waals surface area contributed by atoms with Gasteiger partial charge in [-0.1, -0.05) is 36.4 Å². The first-order valence-electron chi connectivity index (χ1n) is 8.14. The number of aliphatic carboxylic acids is 1. The molecule has 0 spiro atoms. The van der Waals surface area contributed by atoms with E-state index in [1.54, 1.807) is 24.3 Å². The van der Waals surface area contributed by atoms with Crippen molar-refractivity contribution in [3.8, 4) is 5.75 Å². The number of carboxylic acid groups (broad SMARTS) is 1. The van der Waals surface area contributed by atoms with Crippen LogP contribution in [0.15, 0.2) is 54.6 Å². The molecule has 0 aromatic heterocycles. The van der Waals surface area contributed by atoms with E-state index in [4.69, 9.17) is 9.84 Å². The van der Waals surface area contributed by atoms with Crippen molar-refractivity contribution in [2.75, 3.05) is 18.5 Å². The highest BCUT2D eigenvalue weighted by molar-refractivity contribution is 5.90. The highest BCUT2D eigenvalue weighted by atomic mass is 16.5. The normalized spacial score (nSPS) is 12.7. The number of carbonyl (C=O) groups excluding carboxylic acids is 1. The van der Waals surface area contributed by atoms with Gasteiger partial charge in [-0.3, -0.25) is 0 Å². The van der Waals surface area contributed by atoms with Gasteiger partial charge in [-0.2, -0.15) is 0 Å². The smallest absolute Gasteiger partial charge is 0.337 e. The lowest BCUT2D eigenvalue weighted by atomic mass is 10.1. The minimum atomic E-state index is -2.03. The summed E-state index contributed by atoms with van der Waals surface area (Å²) in [5.74, 6) is -0.803. The zero-order chi connectivity index (χ0) is 19.0. The lowest BCUT2D eigenvalue weighted by Crippen LogP contribution is -2.47. The molecule has 0 bridgehead atoms. The second-order valence-corrected chi connectivity index (χ2v) is 6.00. The van der Waals surface area contributed by atoms with Crippen LogP contribution in [0, 0.1) is 0 Å². The van der Waals surface area contributed by atoms with Crippen molar-refractivity contribution < 1.29 is 24.5 Å². The SMILES string of the molecule is CC(O)(CNC(=O)Nc1cccc(OCCc2ccccc2)c1)C(=O)O. The molecule has 2 aromatic rings. The van der Waals surface area contributed by atoms with Gasteiger partial charge < -0.3 is 25.6 Å². The summed E-state index contributed by atoms with van der Waals surface area (Å²) in [7, 11) is 0. The molecule has 2 aromatic carbocycles. The first-order valence-corrected chi connectivity index (χ1v) is 8.14. The number of carbonyl (C=O) groups is 2. The number of amides is 2. The zero-order valence-electron chi connectivity index (χ0n) is 14.4. The van der Waals surface area contributed by atoms with Crippen molar-refractivity contribution in [2.45, 2.75) is 18.9 Å². The molecule has 7 nitrogen and oxygen atoms in total. The number of aliphatic hydroxyl groups is 1. The summed E-state index contributed by atoms with van der Waals surface area (Å²) in [4.78, 5) is 22.6. The quantitative estimate of drug-likeness (QED) is 0.579. The topological polar surface area (TPSA) is 108 Å². The minimum Gasteiger partial charge on any atom is -0.493 e. The van der Waals surface area contributed by atoms with Crippen molar-refractivity contribution in [1.82, 2.24) is 5.32 Å². The van der Waals surface area contributed by atoms with E-state index in [1.165, 1.54) is 5.56 Å². The molecule has 0 aliphatic rings. The molecule has 4 N–H and O–H groups in total. The van der Waals surface area contributed by atoms with Gasteiger partial charge in [0.25, 0.3) is 0 Å². The van der Waals surface area contributed by atoms with Crippen LogP contribution >= 0.6 is 0 Å². The van der Waals surface area contributed by atoms with Crippen molar-refractivity contribution >= 4 is 17.7 Å². The van der Waals surface area contributed by atoms with Gasteiger partial charge in [-0.05, 0) is 24.6 Å². The monoisotopic (exact) mass is 358 g/mol. The Balaban J connectivity index is 1.82. The highest BCUT2D eigenvalue weighted by Crippen LogP contribution is 2.17. The van der Waals surface area contributed by atoms with Crippen molar-refractivity contribution in [1.29, 1.82) is 0 Å². The number of hydrogen-bond donors (Lipinski definition) is 4. The second kappa shape index (κ2) is 8.87. The molecule has 0 saturated carbocycles. The minimum absolute atomic E-state index is 0.415. The molecule has 26 heavy (non-hydrogen) atoms. The van der Waals surface area contributed by atoms with Crippen LogP contribution in [-0.2, 0) is 11.2 Å². The lowest BCUT2D eigenvalue weighted by Gasteiger charge is -2.18. The third-order valence-corrected chi connectivity index (χ3v) is 3.65. The maximum absolute atomic E-state index is 11.8. The first kappa shape index (κ1) is 19.3. The second-order valence-electron chi connectivity index (χ2n) is 6.00. The van der Waals surface area contributed by atoms with E-state index in [-0.39, 0.29) is 0 Å². The van der Waals surface area contributed by atoms with Crippen molar-refractivity contribution in [2.24, 2.45) is 0 Å². The molecule has 7 heteroatoms. The van der Waals surface area contributed by atoms with Gasteiger partial charge in [0.2, 0.25) is 0 Å². The number of anilines is 1. The summed E-state index contributed by atoms with van der Waals surface area (Å²) in [5.41, 5.74) is -0.360. The predicted molar refractivity (Wildman–Crippen MR) is 97.4 cm³/mol. The third kappa shape index (κ3) is 6.10. The van der Waals surface area contributed by atoms with Crippen LogP contribution in [0.4, 0.5) is 10.5 Å². The molecular formula is C19H22N2O5. The average Bonchev–Trinajstić information content (AvgIpc) is 2.61. The molecule has 1 unspecified atom stereocenters. The number of ether oxygens (including phenoxy) is 1. The molecule has 0 aliphatic heterocycles. The molecule has 0 fully saturated rings. The molecule has 1 atom stereocenters. The standard InChI is InChI=1S/C19H22N2O5/c1-19(25,17(22)23)13-20-18(24)21-15-8-5-9-16(12-15)26-11-10-14-6-3-2-4-7-14/h2-9,12,25H,10-11,13H2,1H3,(H,22,23)(H2,20,21,24). The Morgan fingerprint density at radius 3 is 2.54 bits per heavy atom. The van der Waals surface area contributed by atoms with Gasteiger partial charge in [0.1, 0.15) is 5.75 Å². The van der Waals surface area contributed by atoms with Gasteiger partial charge in [-0.15, -0.1) is 0 Å². The molecule has 0 heterocycles. The van der Waals surface area contributed by atoms with Crippen LogP contribution in [0.3, 0.4) is 0 Å². The van der Waals surface area contributed by atoms with Crippen molar-refractivity contribution in [3.63, 3.8) is 0 Å². The van der Waals surface area contributed by atoms with E-state index < -0.39 is 24.1 Å². The van der Waals surface area contributed by atoms with Crippen LogP contribution in [0.2, 0.25) is 0 Å². The van der Waals surface area contributed by atoms with Gasteiger partial charge in [0.05, 0.1) is 13.2 Å². The number of hydrogen-bond acceptors (Lipinski definition) is 4. The molecule has 0 saturated heterocycles. The molecule has 2 rings (SSSR count). The Morgan fingerprint density at radius 1 is 1.12 bits per heavy atom. The number of rotatable bonds is 8. The summed E-state index contributed by atoms with van der Waals surface area (Å²) < 4.78 is 5.69. The van der Waals surface area contributed by atoms with Crippen LogP contribution < -0.4 is 15.4 Å². The summed E-state index contributed by atoms with van der Waals surface area (Å²) in [6, 6.07) is 16.2. The first-order chi connectivity index (χ1) is 12.4. The van der Waals surface area contributed by atoms with Crippen LogP contribution in [0.1, 0.15) is 12.5 Å². The van der Waals surface area contributed by atoms with Crippen molar-refractivity contribution in [3.05, 3.63) is 60.2 Å². The van der Waals surface area contributed by atoms with E-state index >= 15 is 0 Å². The number of urea groups is 1. The Bertz CT molecular complexity index is 747. The Morgan fingerprint density at radius 2 is 1.85 bits per heavy atom. The molecular weight excluding hydrogens is 336 g/mol. The average molecular weight is 358 g/mol. The number of nitrogens with one attached hydrogen (secondary N) is 2. The maximum Gasteiger partial charge on any atom is 0.337 e. The fourth-order valence-corrected chi connectivity index (χ4v) is 2.10. The van der Waals surface area contributed by atoms with E-state index in [2.05, 4.69) is 10.6 Å². The molecule has 0 radical (unpaired) electrons. The Hall–Kier alpha value is -3.06. The lowest BCUT2D eigenvalue weighted by molar-refractivity contribution is -0.155. The summed E-state index contributed by atoms with van der Waals surface area (Å²) in [6.07, 6.45) is 0.767.